The summed E-state index contributed by atoms with van der Waals surface area (Å²) >= 11 is 3.41. The fourth-order valence-electron chi connectivity index (χ4n) is 1.97. The Morgan fingerprint density at radius 3 is 2.95 bits per heavy atom. The Morgan fingerprint density at radius 1 is 1.47 bits per heavy atom. The van der Waals surface area contributed by atoms with Gasteiger partial charge in [0.05, 0.1) is 13.3 Å². The lowest BCUT2D eigenvalue weighted by atomic mass is 10.0. The average molecular weight is 325 g/mol. The van der Waals surface area contributed by atoms with Crippen molar-refractivity contribution in [2.45, 2.75) is 26.0 Å². The molecule has 102 valence electrons. The molecular weight excluding hydrogens is 308 g/mol. The molecule has 0 radical (unpaired) electrons. The van der Waals surface area contributed by atoms with Gasteiger partial charge in [0, 0.05) is 28.3 Å². The summed E-state index contributed by atoms with van der Waals surface area (Å²) in [4.78, 5) is 0. The molecule has 19 heavy (non-hydrogen) atoms. The van der Waals surface area contributed by atoms with E-state index in [2.05, 4.69) is 28.0 Å². The van der Waals surface area contributed by atoms with E-state index in [1.165, 1.54) is 0 Å². The highest BCUT2D eigenvalue weighted by Crippen LogP contribution is 2.32. The number of nitrogens with zero attached hydrogens (tertiary/aromatic N) is 2. The van der Waals surface area contributed by atoms with Gasteiger partial charge in [0.15, 0.2) is 0 Å². The predicted octanol–water partition coefficient (Wildman–Crippen LogP) is 3.15. The van der Waals surface area contributed by atoms with Crippen LogP contribution in [0.5, 0.6) is 5.75 Å². The van der Waals surface area contributed by atoms with Gasteiger partial charge in [-0.2, -0.15) is 5.10 Å². The Bertz CT molecular complexity index is 554. The van der Waals surface area contributed by atoms with Crippen molar-refractivity contribution in [2.75, 3.05) is 7.11 Å². The largest absolute Gasteiger partial charge is 0.496 e. The van der Waals surface area contributed by atoms with E-state index in [4.69, 9.17) is 4.74 Å². The summed E-state index contributed by atoms with van der Waals surface area (Å²) in [7, 11) is 1.60. The smallest absolute Gasteiger partial charge is 0.125 e. The number of halogens is 1. The third kappa shape index (κ3) is 3.16. The third-order valence-electron chi connectivity index (χ3n) is 2.91. The minimum atomic E-state index is -0.738. The van der Waals surface area contributed by atoms with Crippen LogP contribution in [0, 0.1) is 0 Å². The van der Waals surface area contributed by atoms with Gasteiger partial charge in [-0.15, -0.1) is 0 Å². The highest BCUT2D eigenvalue weighted by atomic mass is 79.9. The first-order valence-corrected chi connectivity index (χ1v) is 6.99. The lowest BCUT2D eigenvalue weighted by molar-refractivity contribution is 0.214. The number of aromatic nitrogens is 2. The molecule has 0 aliphatic heterocycles. The third-order valence-corrected chi connectivity index (χ3v) is 3.40. The van der Waals surface area contributed by atoms with E-state index in [1.807, 2.05) is 29.1 Å². The van der Waals surface area contributed by atoms with Crippen molar-refractivity contribution < 1.29 is 9.84 Å². The van der Waals surface area contributed by atoms with Crippen LogP contribution in [0.2, 0.25) is 0 Å². The van der Waals surface area contributed by atoms with E-state index in [0.717, 1.165) is 28.6 Å². The molecule has 0 fully saturated rings. The van der Waals surface area contributed by atoms with Gasteiger partial charge in [-0.3, -0.25) is 4.68 Å². The summed E-state index contributed by atoms with van der Waals surface area (Å²) in [6.45, 7) is 2.94. The van der Waals surface area contributed by atoms with Crippen molar-refractivity contribution in [3.05, 3.63) is 46.2 Å². The highest BCUT2D eigenvalue weighted by molar-refractivity contribution is 9.10. The molecule has 5 heteroatoms. The molecule has 1 aromatic heterocycles. The van der Waals surface area contributed by atoms with E-state index in [-0.39, 0.29) is 0 Å². The first kappa shape index (κ1) is 14.1. The summed E-state index contributed by atoms with van der Waals surface area (Å²) in [5.74, 6) is 0.666. The Balaban J connectivity index is 2.31. The maximum Gasteiger partial charge on any atom is 0.125 e. The number of ether oxygens (including phenoxy) is 1. The normalized spacial score (nSPS) is 12.4. The van der Waals surface area contributed by atoms with Crippen LogP contribution in [0.3, 0.4) is 0 Å². The van der Waals surface area contributed by atoms with E-state index in [0.29, 0.717) is 5.75 Å². The first-order valence-electron chi connectivity index (χ1n) is 6.19. The van der Waals surface area contributed by atoms with Crippen molar-refractivity contribution >= 4 is 15.9 Å². The van der Waals surface area contributed by atoms with Gasteiger partial charge in [0.25, 0.3) is 0 Å². The van der Waals surface area contributed by atoms with E-state index >= 15 is 0 Å². The van der Waals surface area contributed by atoms with Gasteiger partial charge in [-0.1, -0.05) is 22.9 Å². The van der Waals surface area contributed by atoms with Crippen LogP contribution in [0.15, 0.2) is 35.1 Å². The molecule has 0 saturated heterocycles. The fourth-order valence-corrected chi connectivity index (χ4v) is 2.35. The molecule has 2 aromatic rings. The molecule has 4 nitrogen and oxygen atoms in total. The molecule has 0 spiro atoms. The monoisotopic (exact) mass is 324 g/mol. The van der Waals surface area contributed by atoms with Crippen LogP contribution >= 0.6 is 15.9 Å². The zero-order valence-electron chi connectivity index (χ0n) is 11.0. The SMILES string of the molecule is CCCn1cc(C(O)c2cc(Br)ccc2OC)cn1. The number of aryl methyl sites for hydroxylation is 1. The molecular formula is C14H17BrN2O2. The number of rotatable bonds is 5. The zero-order valence-corrected chi connectivity index (χ0v) is 12.6. The number of hydrogen-bond donors (Lipinski definition) is 1. The average Bonchev–Trinajstić information content (AvgIpc) is 2.87. The van der Waals surface area contributed by atoms with Gasteiger partial charge in [-0.25, -0.2) is 0 Å². The van der Waals surface area contributed by atoms with Crippen molar-refractivity contribution in [2.24, 2.45) is 0 Å². The van der Waals surface area contributed by atoms with Crippen LogP contribution in [0.4, 0.5) is 0 Å². The van der Waals surface area contributed by atoms with Crippen LogP contribution in [-0.4, -0.2) is 22.0 Å². The Kier molecular flexibility index (Phi) is 4.61. The van der Waals surface area contributed by atoms with E-state index in [9.17, 15) is 5.11 Å². The molecule has 1 N–H and O–H groups in total. The maximum atomic E-state index is 10.5. The van der Waals surface area contributed by atoms with Crippen molar-refractivity contribution in [1.29, 1.82) is 0 Å². The predicted molar refractivity (Wildman–Crippen MR) is 77.3 cm³/mol. The number of hydrogen-bond acceptors (Lipinski definition) is 3. The van der Waals surface area contributed by atoms with E-state index < -0.39 is 6.10 Å². The molecule has 1 unspecified atom stereocenters. The molecule has 0 amide bonds. The zero-order chi connectivity index (χ0) is 13.8. The lowest BCUT2D eigenvalue weighted by Crippen LogP contribution is -2.02. The quantitative estimate of drug-likeness (QED) is 0.919. The second-order valence-electron chi connectivity index (χ2n) is 4.33. The molecule has 1 heterocycles. The van der Waals surface area contributed by atoms with Crippen LogP contribution in [0.1, 0.15) is 30.6 Å². The second-order valence-corrected chi connectivity index (χ2v) is 5.24. The van der Waals surface area contributed by atoms with Gasteiger partial charge in [-0.05, 0) is 24.6 Å². The number of aliphatic hydroxyl groups excluding tert-OH is 1. The van der Waals surface area contributed by atoms with Crippen LogP contribution in [-0.2, 0) is 6.54 Å². The van der Waals surface area contributed by atoms with Gasteiger partial charge >= 0.3 is 0 Å². The van der Waals surface area contributed by atoms with Crippen LogP contribution in [0.25, 0.3) is 0 Å². The van der Waals surface area contributed by atoms with Gasteiger partial charge < -0.3 is 9.84 Å². The molecule has 0 bridgehead atoms. The number of methoxy groups -OCH3 is 1. The minimum absolute atomic E-state index is 0.666. The molecule has 1 aromatic carbocycles. The molecule has 1 atom stereocenters. The number of aliphatic hydroxyl groups is 1. The molecule has 0 saturated carbocycles. The lowest BCUT2D eigenvalue weighted by Gasteiger charge is -2.13. The Labute approximate surface area is 121 Å². The maximum absolute atomic E-state index is 10.5. The standard InChI is InChI=1S/C14H17BrN2O2/c1-3-6-17-9-10(8-16-17)14(18)12-7-11(15)4-5-13(12)19-2/h4-5,7-9,14,18H,3,6H2,1-2H3. The summed E-state index contributed by atoms with van der Waals surface area (Å²) < 4.78 is 8.03. The van der Waals surface area contributed by atoms with Crippen molar-refractivity contribution in [3.8, 4) is 5.75 Å². The second kappa shape index (κ2) is 6.21. The van der Waals surface area contributed by atoms with Gasteiger partial charge in [0.2, 0.25) is 0 Å². The first-order chi connectivity index (χ1) is 9.15. The van der Waals surface area contributed by atoms with E-state index in [1.54, 1.807) is 13.3 Å². The van der Waals surface area contributed by atoms with Gasteiger partial charge in [0.1, 0.15) is 11.9 Å². The summed E-state index contributed by atoms with van der Waals surface area (Å²) in [6, 6.07) is 5.58. The van der Waals surface area contributed by atoms with Crippen molar-refractivity contribution in [3.63, 3.8) is 0 Å². The fraction of sp³-hybridized carbons (Fsp3) is 0.357. The highest BCUT2D eigenvalue weighted by Gasteiger charge is 2.17. The molecule has 2 rings (SSSR count). The Morgan fingerprint density at radius 2 is 2.26 bits per heavy atom. The summed E-state index contributed by atoms with van der Waals surface area (Å²) in [5, 5.41) is 14.7. The minimum Gasteiger partial charge on any atom is -0.496 e. The summed E-state index contributed by atoms with van der Waals surface area (Å²) in [5.41, 5.74) is 1.50. The number of benzene rings is 1. The van der Waals surface area contributed by atoms with Crippen LogP contribution < -0.4 is 4.74 Å². The Hall–Kier alpha value is -1.33. The molecule has 0 aliphatic carbocycles. The topological polar surface area (TPSA) is 47.3 Å². The van der Waals surface area contributed by atoms with Crippen molar-refractivity contribution in [1.82, 2.24) is 9.78 Å². The summed E-state index contributed by atoms with van der Waals surface area (Å²) in [6.07, 6.45) is 3.84. The molecule has 0 aliphatic rings.